The molecule has 0 saturated carbocycles. The minimum atomic E-state index is 0.105. The largest absolute Gasteiger partial charge is 0.282 e. The summed E-state index contributed by atoms with van der Waals surface area (Å²) in [6.07, 6.45) is 0. The topological polar surface area (TPSA) is 34.1 Å². The van der Waals surface area contributed by atoms with Crippen LogP contribution in [-0.2, 0) is 9.59 Å². The van der Waals surface area contributed by atoms with Crippen molar-refractivity contribution in [2.24, 2.45) is 0 Å². The number of hydrogen-bond acceptors (Lipinski definition) is 8. The predicted molar refractivity (Wildman–Crippen MR) is 162 cm³/mol. The monoisotopic (exact) mass is 564 g/mol. The molecule has 2 aliphatic rings. The molecule has 2 aromatic carbocycles. The Hall–Kier alpha value is -0.380. The molecule has 180 valence electrons. The molecule has 8 heteroatoms. The quantitative estimate of drug-likeness (QED) is 0.297. The molecule has 0 bridgehead atoms. The maximum Gasteiger partial charge on any atom is 0.214 e. The van der Waals surface area contributed by atoms with E-state index >= 15 is 0 Å². The van der Waals surface area contributed by atoms with E-state index in [4.69, 9.17) is 0 Å². The number of carbonyl (C=O) groups excluding carboxylic acids is 2. The SMILES string of the molecule is C=C(C)C(=O)SCC1CSC(c2cc3ccccc3cc2C2SCC(CSC(=O)C(=C)C)S2)S1. The van der Waals surface area contributed by atoms with Gasteiger partial charge in [0.05, 0.1) is 9.16 Å². The van der Waals surface area contributed by atoms with Crippen molar-refractivity contribution in [3.8, 4) is 0 Å². The third-order valence-electron chi connectivity index (χ3n) is 5.46. The minimum Gasteiger partial charge on any atom is -0.282 e. The van der Waals surface area contributed by atoms with Crippen molar-refractivity contribution >= 4 is 91.6 Å². The van der Waals surface area contributed by atoms with Crippen LogP contribution in [0.5, 0.6) is 0 Å². The van der Waals surface area contributed by atoms with Crippen molar-refractivity contribution in [2.45, 2.75) is 33.5 Å². The summed E-state index contributed by atoms with van der Waals surface area (Å²) in [5, 5.41) is 3.70. The molecule has 4 atom stereocenters. The molecular weight excluding hydrogens is 537 g/mol. The number of carbonyl (C=O) groups is 2. The number of fused-ring (bicyclic) bond motifs is 1. The summed E-state index contributed by atoms with van der Waals surface area (Å²) in [5.41, 5.74) is 4.09. The fourth-order valence-corrected chi connectivity index (χ4v) is 12.7. The molecule has 2 aliphatic heterocycles. The van der Waals surface area contributed by atoms with Crippen LogP contribution in [0.4, 0.5) is 0 Å². The highest BCUT2D eigenvalue weighted by Gasteiger charge is 2.34. The summed E-state index contributed by atoms with van der Waals surface area (Å²) >= 11 is 10.8. The van der Waals surface area contributed by atoms with Crippen LogP contribution < -0.4 is 0 Å². The average molecular weight is 565 g/mol. The van der Waals surface area contributed by atoms with Crippen molar-refractivity contribution in [3.05, 3.63) is 71.8 Å². The zero-order chi connectivity index (χ0) is 24.2. The molecule has 0 radical (unpaired) electrons. The van der Waals surface area contributed by atoms with E-state index in [0.717, 1.165) is 23.0 Å². The summed E-state index contributed by atoms with van der Waals surface area (Å²) in [4.78, 5) is 24.0. The molecule has 0 aromatic heterocycles. The van der Waals surface area contributed by atoms with Crippen molar-refractivity contribution in [1.29, 1.82) is 0 Å². The van der Waals surface area contributed by atoms with Gasteiger partial charge in [-0.15, -0.1) is 47.0 Å². The van der Waals surface area contributed by atoms with Gasteiger partial charge in [0.15, 0.2) is 0 Å². The van der Waals surface area contributed by atoms with Gasteiger partial charge in [0, 0.05) is 33.5 Å². The molecule has 2 saturated heterocycles. The Morgan fingerprint density at radius 1 is 0.824 bits per heavy atom. The second kappa shape index (κ2) is 12.2. The van der Waals surface area contributed by atoms with E-state index in [1.807, 2.05) is 47.0 Å². The van der Waals surface area contributed by atoms with Crippen molar-refractivity contribution in [2.75, 3.05) is 23.0 Å². The van der Waals surface area contributed by atoms with Gasteiger partial charge >= 0.3 is 0 Å². The van der Waals surface area contributed by atoms with Crippen LogP contribution in [0.3, 0.4) is 0 Å². The van der Waals surface area contributed by atoms with Crippen LogP contribution in [0, 0.1) is 0 Å². The zero-order valence-electron chi connectivity index (χ0n) is 19.3. The van der Waals surface area contributed by atoms with E-state index in [-0.39, 0.29) is 10.2 Å². The molecule has 34 heavy (non-hydrogen) atoms. The maximum absolute atomic E-state index is 12.0. The fraction of sp³-hybridized carbons (Fsp3) is 0.385. The lowest BCUT2D eigenvalue weighted by Gasteiger charge is -2.20. The standard InChI is InChI=1S/C26H28O2S6/c1-15(2)23(27)29-11-19-13-31-25(33-19)21-9-17-7-5-6-8-18(17)10-22(21)26-32-14-20(34-26)12-30-24(28)16(3)4/h5-10,19-20,25-26H,1,3,11-14H2,2,4H3. The predicted octanol–water partition coefficient (Wildman–Crippen LogP) is 8.21. The van der Waals surface area contributed by atoms with Gasteiger partial charge in [-0.2, -0.15) is 0 Å². The molecule has 2 nitrogen and oxygen atoms in total. The summed E-state index contributed by atoms with van der Waals surface area (Å²) in [6.45, 7) is 11.1. The van der Waals surface area contributed by atoms with E-state index in [9.17, 15) is 9.59 Å². The molecule has 0 amide bonds. The van der Waals surface area contributed by atoms with Crippen LogP contribution in [0.1, 0.15) is 34.1 Å². The third kappa shape index (κ3) is 6.68. The minimum absolute atomic E-state index is 0.105. The van der Waals surface area contributed by atoms with Gasteiger partial charge in [-0.1, -0.05) is 60.9 Å². The Bertz CT molecular complexity index is 1030. The van der Waals surface area contributed by atoms with Gasteiger partial charge in [0.25, 0.3) is 0 Å². The Balaban J connectivity index is 1.50. The Morgan fingerprint density at radius 3 is 1.62 bits per heavy atom. The number of hydrogen-bond donors (Lipinski definition) is 0. The maximum atomic E-state index is 12.0. The summed E-state index contributed by atoms with van der Waals surface area (Å²) in [6, 6.07) is 13.4. The van der Waals surface area contributed by atoms with E-state index in [0.29, 0.717) is 30.8 Å². The summed E-state index contributed by atoms with van der Waals surface area (Å²) < 4.78 is 0.759. The number of thioether (sulfide) groups is 6. The van der Waals surface area contributed by atoms with Crippen LogP contribution in [0.15, 0.2) is 60.7 Å². The molecule has 0 spiro atoms. The first-order valence-electron chi connectivity index (χ1n) is 11.0. The van der Waals surface area contributed by atoms with Crippen LogP contribution in [-0.4, -0.2) is 43.7 Å². The van der Waals surface area contributed by atoms with Crippen molar-refractivity contribution < 1.29 is 9.59 Å². The second-order valence-corrected chi connectivity index (χ2v) is 16.1. The first-order valence-corrected chi connectivity index (χ1v) is 17.0. The lowest BCUT2D eigenvalue weighted by molar-refractivity contribution is -0.108. The highest BCUT2D eigenvalue weighted by Crippen LogP contribution is 2.57. The lowest BCUT2D eigenvalue weighted by atomic mass is 10.0. The summed E-state index contributed by atoms with van der Waals surface area (Å²) in [5.74, 6) is 3.80. The Kier molecular flexibility index (Phi) is 9.60. The lowest BCUT2D eigenvalue weighted by Crippen LogP contribution is -2.08. The zero-order valence-corrected chi connectivity index (χ0v) is 24.2. The molecule has 2 fully saturated rings. The van der Waals surface area contributed by atoms with Crippen molar-refractivity contribution in [3.63, 3.8) is 0 Å². The molecular formula is C26H28O2S6. The average Bonchev–Trinajstić information content (AvgIpc) is 3.49. The van der Waals surface area contributed by atoms with Crippen LogP contribution in [0.2, 0.25) is 0 Å². The first-order chi connectivity index (χ1) is 16.3. The van der Waals surface area contributed by atoms with Gasteiger partial charge in [0.2, 0.25) is 10.2 Å². The molecule has 0 aliphatic carbocycles. The third-order valence-corrected chi connectivity index (χ3v) is 14.9. The molecule has 0 N–H and O–H groups in total. The van der Waals surface area contributed by atoms with Gasteiger partial charge in [0.1, 0.15) is 0 Å². The Labute approximate surface area is 228 Å². The van der Waals surface area contributed by atoms with Gasteiger partial charge in [-0.25, -0.2) is 0 Å². The molecule has 4 unspecified atom stereocenters. The van der Waals surface area contributed by atoms with E-state index in [1.54, 1.807) is 13.8 Å². The normalized spacial score (nSPS) is 24.4. The van der Waals surface area contributed by atoms with E-state index in [1.165, 1.54) is 45.4 Å². The van der Waals surface area contributed by atoms with Crippen LogP contribution >= 0.6 is 70.6 Å². The second-order valence-electron chi connectivity index (χ2n) is 8.43. The molecule has 2 aromatic rings. The number of benzene rings is 2. The Morgan fingerprint density at radius 2 is 1.24 bits per heavy atom. The van der Waals surface area contributed by atoms with E-state index in [2.05, 4.69) is 49.6 Å². The summed E-state index contributed by atoms with van der Waals surface area (Å²) in [7, 11) is 0. The highest BCUT2D eigenvalue weighted by atomic mass is 32.2. The highest BCUT2D eigenvalue weighted by molar-refractivity contribution is 8.21. The molecule has 4 rings (SSSR count). The van der Waals surface area contributed by atoms with E-state index < -0.39 is 0 Å². The van der Waals surface area contributed by atoms with Gasteiger partial charge in [-0.05, 0) is 59.0 Å². The number of rotatable bonds is 8. The van der Waals surface area contributed by atoms with Crippen LogP contribution in [0.25, 0.3) is 10.8 Å². The van der Waals surface area contributed by atoms with Gasteiger partial charge in [-0.3, -0.25) is 9.59 Å². The fourth-order valence-electron chi connectivity index (χ4n) is 3.66. The smallest absolute Gasteiger partial charge is 0.214 e. The molecule has 2 heterocycles. The first kappa shape index (κ1) is 26.7. The van der Waals surface area contributed by atoms with Crippen molar-refractivity contribution in [1.82, 2.24) is 0 Å². The van der Waals surface area contributed by atoms with Gasteiger partial charge < -0.3 is 0 Å².